The fourth-order valence-electron chi connectivity index (χ4n) is 5.85. The zero-order valence-corrected chi connectivity index (χ0v) is 28.2. The topological polar surface area (TPSA) is 57.5 Å². The smallest absolute Gasteiger partial charge is 0.156 e. The second-order valence-corrected chi connectivity index (χ2v) is 13.7. The van der Waals surface area contributed by atoms with Gasteiger partial charge in [0.05, 0.1) is 6.10 Å². The van der Waals surface area contributed by atoms with Crippen molar-refractivity contribution in [3.05, 3.63) is 130 Å². The molecule has 2 atom stereocenters. The van der Waals surface area contributed by atoms with Crippen LogP contribution in [0.3, 0.4) is 0 Å². The summed E-state index contributed by atoms with van der Waals surface area (Å²) in [5.74, 6) is 0.0657. The Morgan fingerprint density at radius 1 is 0.791 bits per heavy atom. The monoisotopic (exact) mass is 582 g/mol. The number of rotatable bonds is 10. The number of hydrogen-bond acceptors (Lipinski definition) is 3. The molecule has 2 N–H and O–H groups in total. The third kappa shape index (κ3) is 10.7. The largest absolute Gasteiger partial charge is 0.393 e. The first-order chi connectivity index (χ1) is 20.0. The summed E-state index contributed by atoms with van der Waals surface area (Å²) in [6.45, 7) is 20.5. The van der Waals surface area contributed by atoms with Crippen LogP contribution in [0.2, 0.25) is 0 Å². The van der Waals surface area contributed by atoms with Gasteiger partial charge in [-0.2, -0.15) is 0 Å². The molecule has 232 valence electrons. The van der Waals surface area contributed by atoms with Crippen molar-refractivity contribution in [2.24, 2.45) is 10.8 Å². The molecule has 0 radical (unpaired) electrons. The molecule has 0 aromatic heterocycles. The number of carbonyl (C=O) groups excluding carboxylic acids is 1. The Morgan fingerprint density at radius 3 is 1.79 bits per heavy atom. The van der Waals surface area contributed by atoms with Gasteiger partial charge in [0.2, 0.25) is 0 Å². The highest BCUT2D eigenvalue weighted by atomic mass is 16.3. The second kappa shape index (κ2) is 15.5. The van der Waals surface area contributed by atoms with E-state index in [9.17, 15) is 15.0 Å². The number of ketones is 1. The van der Waals surface area contributed by atoms with Crippen LogP contribution in [0.25, 0.3) is 0 Å². The second-order valence-electron chi connectivity index (χ2n) is 13.7. The van der Waals surface area contributed by atoms with Gasteiger partial charge in [0, 0.05) is 11.8 Å². The normalized spacial score (nSPS) is 26.3. The molecule has 0 saturated carbocycles. The number of aliphatic hydroxyl groups is 2. The molecule has 2 aliphatic rings. The minimum Gasteiger partial charge on any atom is -0.393 e. The lowest BCUT2D eigenvalue weighted by molar-refractivity contribution is -0.121. The van der Waals surface area contributed by atoms with E-state index in [0.717, 1.165) is 29.6 Å². The minimum absolute atomic E-state index is 0.00653. The maximum atomic E-state index is 11.9. The van der Waals surface area contributed by atoms with E-state index in [1.165, 1.54) is 16.7 Å². The molecule has 0 saturated heterocycles. The van der Waals surface area contributed by atoms with Crippen LogP contribution in [-0.2, 0) is 4.79 Å². The Kier molecular flexibility index (Phi) is 12.9. The van der Waals surface area contributed by atoms with Crippen molar-refractivity contribution >= 4 is 5.78 Å². The molecule has 0 aliphatic heterocycles. The summed E-state index contributed by atoms with van der Waals surface area (Å²) in [6.07, 6.45) is 31.9. The molecule has 2 rings (SSSR count). The van der Waals surface area contributed by atoms with Crippen molar-refractivity contribution in [1.82, 2.24) is 0 Å². The Labute approximate surface area is 261 Å². The Balaban J connectivity index is 1.93. The van der Waals surface area contributed by atoms with E-state index in [1.807, 2.05) is 64.2 Å². The summed E-state index contributed by atoms with van der Waals surface area (Å²) in [4.78, 5) is 11.9. The zero-order valence-electron chi connectivity index (χ0n) is 28.2. The van der Waals surface area contributed by atoms with Crippen LogP contribution in [-0.4, -0.2) is 27.7 Å². The van der Waals surface area contributed by atoms with E-state index in [2.05, 4.69) is 90.2 Å². The SMILES string of the molecule is CC1=CC(=O)CC(C)(C)[C@@]1(O)/C=C/C(C)=C/C=C/C(C)=C/C=C/C=C(C)/C=C/C=C(C)/C=C/C1=C(C)C[C@@H](O)CC1(C)C. The average molecular weight is 583 g/mol. The summed E-state index contributed by atoms with van der Waals surface area (Å²) in [6, 6.07) is 0. The van der Waals surface area contributed by atoms with Crippen molar-refractivity contribution < 1.29 is 15.0 Å². The molecule has 43 heavy (non-hydrogen) atoms. The van der Waals surface area contributed by atoms with Gasteiger partial charge in [-0.1, -0.05) is 135 Å². The predicted octanol–water partition coefficient (Wildman–Crippen LogP) is 9.73. The average Bonchev–Trinajstić information content (AvgIpc) is 2.87. The van der Waals surface area contributed by atoms with Gasteiger partial charge in [-0.25, -0.2) is 0 Å². The van der Waals surface area contributed by atoms with Crippen molar-refractivity contribution in [2.75, 3.05) is 0 Å². The molecule has 0 heterocycles. The highest BCUT2D eigenvalue weighted by Gasteiger charge is 2.46. The van der Waals surface area contributed by atoms with E-state index < -0.39 is 11.0 Å². The molecule has 0 bridgehead atoms. The minimum atomic E-state index is -1.14. The Hall–Kier alpha value is -3.27. The molecule has 0 unspecified atom stereocenters. The molecular formula is C40H54O3. The van der Waals surface area contributed by atoms with Gasteiger partial charge in [-0.3, -0.25) is 4.79 Å². The predicted molar refractivity (Wildman–Crippen MR) is 185 cm³/mol. The Bertz CT molecular complexity index is 1370. The highest BCUT2D eigenvalue weighted by molar-refractivity contribution is 5.92. The van der Waals surface area contributed by atoms with Crippen LogP contribution in [0, 0.1) is 10.8 Å². The van der Waals surface area contributed by atoms with Gasteiger partial charge in [0.25, 0.3) is 0 Å². The lowest BCUT2D eigenvalue weighted by Gasteiger charge is -2.44. The number of carbonyl (C=O) groups is 1. The fourth-order valence-corrected chi connectivity index (χ4v) is 5.85. The quantitative estimate of drug-likeness (QED) is 0.252. The number of allylic oxidation sites excluding steroid dienone is 19. The number of aliphatic hydroxyl groups excluding tert-OH is 1. The molecule has 3 heteroatoms. The van der Waals surface area contributed by atoms with Gasteiger partial charge in [-0.05, 0) is 83.1 Å². The molecule has 0 spiro atoms. The molecule has 0 aromatic rings. The van der Waals surface area contributed by atoms with Gasteiger partial charge >= 0.3 is 0 Å². The van der Waals surface area contributed by atoms with Crippen LogP contribution in [0.5, 0.6) is 0 Å². The van der Waals surface area contributed by atoms with Crippen LogP contribution < -0.4 is 0 Å². The molecule has 2 aliphatic carbocycles. The van der Waals surface area contributed by atoms with Crippen molar-refractivity contribution in [1.29, 1.82) is 0 Å². The summed E-state index contributed by atoms with van der Waals surface area (Å²) < 4.78 is 0. The highest BCUT2D eigenvalue weighted by Crippen LogP contribution is 2.44. The van der Waals surface area contributed by atoms with Gasteiger partial charge in [0.15, 0.2) is 5.78 Å². The van der Waals surface area contributed by atoms with Crippen molar-refractivity contribution in [3.8, 4) is 0 Å². The fraction of sp³-hybridized carbons (Fsp3) is 0.425. The third-order valence-corrected chi connectivity index (χ3v) is 8.47. The number of hydrogen-bond donors (Lipinski definition) is 2. The maximum Gasteiger partial charge on any atom is 0.156 e. The first-order valence-electron chi connectivity index (χ1n) is 15.4. The Morgan fingerprint density at radius 2 is 1.28 bits per heavy atom. The molecule has 0 amide bonds. The van der Waals surface area contributed by atoms with Gasteiger partial charge in [0.1, 0.15) is 5.60 Å². The molecule has 3 nitrogen and oxygen atoms in total. The van der Waals surface area contributed by atoms with Crippen LogP contribution in [0.15, 0.2) is 130 Å². The van der Waals surface area contributed by atoms with Crippen LogP contribution in [0.1, 0.15) is 88.5 Å². The van der Waals surface area contributed by atoms with E-state index in [0.29, 0.717) is 12.0 Å². The van der Waals surface area contributed by atoms with E-state index >= 15 is 0 Å². The van der Waals surface area contributed by atoms with Gasteiger partial charge in [-0.15, -0.1) is 0 Å². The van der Waals surface area contributed by atoms with E-state index in [-0.39, 0.29) is 17.3 Å². The standard InChI is InChI=1S/C40H54O3/c1-29(17-13-19-31(3)21-22-37-33(5)25-35(41)27-38(37,7)8)15-11-12-16-30(2)18-14-20-32(4)23-24-40(43)34(6)26-36(42)28-39(40,9)10/h11-24,26,35,41,43H,25,27-28H2,1-10H3/b12-11+,17-13+,18-14+,22-21+,24-23+,29-15+,30-16+,31-19+,32-20+/t35-,40-/m1/s1. The summed E-state index contributed by atoms with van der Waals surface area (Å²) in [5.41, 5.74) is 6.10. The summed E-state index contributed by atoms with van der Waals surface area (Å²) in [5, 5.41) is 21.4. The zero-order chi connectivity index (χ0) is 32.4. The van der Waals surface area contributed by atoms with Crippen LogP contribution in [0.4, 0.5) is 0 Å². The van der Waals surface area contributed by atoms with Crippen molar-refractivity contribution in [2.45, 2.75) is 100 Å². The third-order valence-electron chi connectivity index (χ3n) is 8.47. The first-order valence-corrected chi connectivity index (χ1v) is 15.4. The van der Waals surface area contributed by atoms with Gasteiger partial charge < -0.3 is 10.2 Å². The van der Waals surface area contributed by atoms with E-state index in [4.69, 9.17) is 0 Å². The maximum absolute atomic E-state index is 11.9. The summed E-state index contributed by atoms with van der Waals surface area (Å²) in [7, 11) is 0. The molecular weight excluding hydrogens is 528 g/mol. The lowest BCUT2D eigenvalue weighted by atomic mass is 9.64. The first kappa shape index (κ1) is 35.9. The summed E-state index contributed by atoms with van der Waals surface area (Å²) >= 11 is 0. The molecule has 0 aromatic carbocycles. The lowest BCUT2D eigenvalue weighted by Crippen LogP contribution is -2.48. The van der Waals surface area contributed by atoms with Crippen LogP contribution >= 0.6 is 0 Å². The molecule has 0 fully saturated rings. The van der Waals surface area contributed by atoms with E-state index in [1.54, 1.807) is 6.08 Å². The van der Waals surface area contributed by atoms with Crippen molar-refractivity contribution in [3.63, 3.8) is 0 Å².